The van der Waals surface area contributed by atoms with Gasteiger partial charge >= 0.3 is 0 Å². The molecule has 10 heteroatoms. The molecule has 2 aliphatic heterocycles. The van der Waals surface area contributed by atoms with Crippen molar-refractivity contribution in [2.75, 3.05) is 44.3 Å². The Morgan fingerprint density at radius 2 is 1.90 bits per heavy atom. The van der Waals surface area contributed by atoms with Crippen LogP contribution in [0.3, 0.4) is 0 Å². The van der Waals surface area contributed by atoms with Gasteiger partial charge in [-0.25, -0.2) is 4.68 Å². The van der Waals surface area contributed by atoms with Crippen molar-refractivity contribution in [3.05, 3.63) is 64.8 Å². The molecule has 0 radical (unpaired) electrons. The first-order valence-electron chi connectivity index (χ1n) is 13.4. The maximum atomic E-state index is 13.8. The van der Waals surface area contributed by atoms with E-state index in [1.54, 1.807) is 23.8 Å². The van der Waals surface area contributed by atoms with E-state index >= 15 is 0 Å². The number of benzene rings is 2. The van der Waals surface area contributed by atoms with Gasteiger partial charge in [-0.05, 0) is 43.2 Å². The predicted octanol–water partition coefficient (Wildman–Crippen LogP) is 4.53. The number of nitrogens with zero attached hydrogens (tertiary/aromatic N) is 3. The molecule has 0 spiro atoms. The lowest BCUT2D eigenvalue weighted by Gasteiger charge is -2.24. The van der Waals surface area contributed by atoms with E-state index in [0.29, 0.717) is 36.9 Å². The lowest BCUT2D eigenvalue weighted by molar-refractivity contribution is -0.122. The molecule has 5 rings (SSSR count). The van der Waals surface area contributed by atoms with Gasteiger partial charge in [-0.15, -0.1) is 11.8 Å². The summed E-state index contributed by atoms with van der Waals surface area (Å²) >= 11 is 1.54. The number of rotatable bonds is 8. The maximum absolute atomic E-state index is 13.8. The van der Waals surface area contributed by atoms with Gasteiger partial charge in [-0.1, -0.05) is 44.5 Å². The largest absolute Gasteiger partial charge is 0.454 e. The third kappa shape index (κ3) is 5.69. The number of carbonyl (C=O) groups is 2. The van der Waals surface area contributed by atoms with E-state index < -0.39 is 0 Å². The Morgan fingerprint density at radius 3 is 2.62 bits per heavy atom. The monoisotopic (exact) mass is 564 g/mol. The molecule has 2 amide bonds. The summed E-state index contributed by atoms with van der Waals surface area (Å²) in [6.45, 7) is 9.50. The zero-order chi connectivity index (χ0) is 28.4. The Kier molecular flexibility index (Phi) is 8.09. The molecule has 40 heavy (non-hydrogen) atoms. The van der Waals surface area contributed by atoms with E-state index in [2.05, 4.69) is 26.1 Å². The topological polar surface area (TPSA) is 94.9 Å². The highest BCUT2D eigenvalue weighted by Gasteiger charge is 2.40. The van der Waals surface area contributed by atoms with Crippen molar-refractivity contribution in [1.82, 2.24) is 15.1 Å². The van der Waals surface area contributed by atoms with Crippen LogP contribution in [0.1, 0.15) is 54.8 Å². The highest BCUT2D eigenvalue weighted by Crippen LogP contribution is 2.49. The maximum Gasteiger partial charge on any atom is 0.240 e. The average Bonchev–Trinajstić information content (AvgIpc) is 3.52. The Labute approximate surface area is 239 Å². The number of carbonyl (C=O) groups excluding carboxylic acids is 2. The minimum Gasteiger partial charge on any atom is -0.454 e. The number of hydrogen-bond acceptors (Lipinski definition) is 7. The third-order valence-electron chi connectivity index (χ3n) is 6.93. The van der Waals surface area contributed by atoms with Crippen LogP contribution in [0.4, 0.5) is 5.82 Å². The van der Waals surface area contributed by atoms with Crippen molar-refractivity contribution in [2.24, 2.45) is 0 Å². The summed E-state index contributed by atoms with van der Waals surface area (Å²) in [6, 6.07) is 14.0. The summed E-state index contributed by atoms with van der Waals surface area (Å²) in [5.74, 6) is 1.86. The molecule has 0 fully saturated rings. The van der Waals surface area contributed by atoms with Crippen molar-refractivity contribution >= 4 is 29.4 Å². The van der Waals surface area contributed by atoms with Crippen LogP contribution in [0.5, 0.6) is 11.5 Å². The number of methoxy groups -OCH3 is 1. The molecule has 0 saturated carbocycles. The molecule has 1 aromatic heterocycles. The Hall–Kier alpha value is -3.50. The minimum atomic E-state index is -0.337. The molecule has 0 saturated heterocycles. The lowest BCUT2D eigenvalue weighted by atomic mass is 9.87. The smallest absolute Gasteiger partial charge is 0.240 e. The fourth-order valence-corrected chi connectivity index (χ4v) is 6.11. The number of anilines is 1. The van der Waals surface area contributed by atoms with Crippen LogP contribution in [0.15, 0.2) is 42.5 Å². The fraction of sp³-hybridized carbons (Fsp3) is 0.433. The molecule has 1 unspecified atom stereocenters. The zero-order valence-electron chi connectivity index (χ0n) is 23.7. The van der Waals surface area contributed by atoms with Gasteiger partial charge in [0.2, 0.25) is 18.6 Å². The number of aryl methyl sites for hydroxylation is 1. The summed E-state index contributed by atoms with van der Waals surface area (Å²) in [7, 11) is 1.63. The van der Waals surface area contributed by atoms with Gasteiger partial charge in [0.15, 0.2) is 11.5 Å². The molecule has 3 heterocycles. The van der Waals surface area contributed by atoms with Gasteiger partial charge in [-0.3, -0.25) is 14.5 Å². The van der Waals surface area contributed by atoms with Gasteiger partial charge in [0, 0.05) is 31.2 Å². The summed E-state index contributed by atoms with van der Waals surface area (Å²) < 4.78 is 18.2. The summed E-state index contributed by atoms with van der Waals surface area (Å²) in [5, 5.41) is 7.86. The third-order valence-corrected chi connectivity index (χ3v) is 8.18. The minimum absolute atomic E-state index is 0.103. The normalized spacial score (nSPS) is 16.6. The standard InChI is InChI=1S/C30H36N4O5S/c1-19-7-10-21(11-8-19)34-29-26(28(32-34)30(2,3)4)27(20-9-12-22-23(15-20)39-18-38-22)40-17-25(36)33(29)16-24(35)31-13-6-14-37-5/h7-12,15,27H,6,13-14,16-18H2,1-5H3,(H,31,35). The van der Waals surface area contributed by atoms with Crippen LogP contribution in [0.25, 0.3) is 5.69 Å². The van der Waals surface area contributed by atoms with E-state index in [1.165, 1.54) is 0 Å². The van der Waals surface area contributed by atoms with E-state index in [4.69, 9.17) is 19.3 Å². The number of thioether (sulfide) groups is 1. The molecule has 0 bridgehead atoms. The molecular formula is C30H36N4O5S. The van der Waals surface area contributed by atoms with Crippen LogP contribution in [0, 0.1) is 6.92 Å². The average molecular weight is 565 g/mol. The van der Waals surface area contributed by atoms with Crippen LogP contribution < -0.4 is 19.7 Å². The van der Waals surface area contributed by atoms with Crippen molar-refractivity contribution in [3.8, 4) is 17.2 Å². The van der Waals surface area contributed by atoms with Crippen LogP contribution in [0.2, 0.25) is 0 Å². The first kappa shape index (κ1) is 28.0. The van der Waals surface area contributed by atoms with Crippen molar-refractivity contribution in [2.45, 2.75) is 44.8 Å². The number of ether oxygens (including phenoxy) is 3. The summed E-state index contributed by atoms with van der Waals surface area (Å²) in [4.78, 5) is 28.5. The molecule has 2 aliphatic rings. The molecule has 9 nitrogen and oxygen atoms in total. The first-order valence-corrected chi connectivity index (χ1v) is 14.5. The van der Waals surface area contributed by atoms with E-state index in [-0.39, 0.29) is 41.6 Å². The summed E-state index contributed by atoms with van der Waals surface area (Å²) in [5.41, 5.74) is 4.40. The van der Waals surface area contributed by atoms with E-state index in [1.807, 2.05) is 54.1 Å². The fourth-order valence-electron chi connectivity index (χ4n) is 4.92. The predicted molar refractivity (Wildman–Crippen MR) is 156 cm³/mol. The number of nitrogens with one attached hydrogen (secondary N) is 1. The second-order valence-electron chi connectivity index (χ2n) is 11.1. The second kappa shape index (κ2) is 11.5. The number of fused-ring (bicyclic) bond motifs is 2. The van der Waals surface area contributed by atoms with Crippen molar-refractivity contribution < 1.29 is 23.8 Å². The van der Waals surface area contributed by atoms with Gasteiger partial charge in [0.1, 0.15) is 12.4 Å². The van der Waals surface area contributed by atoms with Crippen LogP contribution in [-0.2, 0) is 19.7 Å². The summed E-state index contributed by atoms with van der Waals surface area (Å²) in [6.07, 6.45) is 0.693. The van der Waals surface area contributed by atoms with Crippen LogP contribution in [-0.4, -0.2) is 60.9 Å². The lowest BCUT2D eigenvalue weighted by Crippen LogP contribution is -2.42. The van der Waals surface area contributed by atoms with Crippen molar-refractivity contribution in [1.29, 1.82) is 0 Å². The Bertz CT molecular complexity index is 1400. The zero-order valence-corrected chi connectivity index (χ0v) is 24.5. The number of aromatic nitrogens is 2. The highest BCUT2D eigenvalue weighted by molar-refractivity contribution is 8.00. The molecule has 212 valence electrons. The van der Waals surface area contributed by atoms with E-state index in [9.17, 15) is 9.59 Å². The highest BCUT2D eigenvalue weighted by atomic mass is 32.2. The number of amides is 2. The second-order valence-corrected chi connectivity index (χ2v) is 12.2. The molecule has 2 aromatic carbocycles. The Balaban J connectivity index is 1.66. The van der Waals surface area contributed by atoms with Gasteiger partial charge in [-0.2, -0.15) is 5.10 Å². The molecule has 3 aromatic rings. The molecular weight excluding hydrogens is 528 g/mol. The SMILES string of the molecule is COCCCNC(=O)CN1C(=O)CSC(c2ccc3c(c2)OCO3)c2c(C(C)(C)C)nn(-c3ccc(C)cc3)c21. The van der Waals surface area contributed by atoms with E-state index in [0.717, 1.165) is 28.1 Å². The molecule has 0 aliphatic carbocycles. The van der Waals surface area contributed by atoms with Gasteiger partial charge in [0.05, 0.1) is 22.4 Å². The first-order chi connectivity index (χ1) is 19.2. The number of hydrogen-bond donors (Lipinski definition) is 1. The van der Waals surface area contributed by atoms with Gasteiger partial charge < -0.3 is 19.5 Å². The molecule has 1 atom stereocenters. The Morgan fingerprint density at radius 1 is 1.15 bits per heavy atom. The van der Waals surface area contributed by atoms with Crippen LogP contribution >= 0.6 is 11.8 Å². The van der Waals surface area contributed by atoms with Crippen molar-refractivity contribution in [3.63, 3.8) is 0 Å². The van der Waals surface area contributed by atoms with Gasteiger partial charge in [0.25, 0.3) is 0 Å². The molecule has 1 N–H and O–H groups in total. The quantitative estimate of drug-likeness (QED) is 0.402.